The Morgan fingerprint density at radius 1 is 1.46 bits per heavy atom. The van der Waals surface area contributed by atoms with E-state index in [1.54, 1.807) is 17.2 Å². The quantitative estimate of drug-likeness (QED) is 0.658. The van der Waals surface area contributed by atoms with E-state index in [9.17, 15) is 14.9 Å². The molecule has 1 fully saturated rings. The van der Waals surface area contributed by atoms with Gasteiger partial charge in [0.25, 0.3) is 11.6 Å². The minimum Gasteiger partial charge on any atom is -0.365 e. The molecular formula is C15H17N5O3S. The van der Waals surface area contributed by atoms with E-state index in [0.717, 1.165) is 17.7 Å². The summed E-state index contributed by atoms with van der Waals surface area (Å²) in [7, 11) is 0. The minimum atomic E-state index is -0.481. The number of aryl methyl sites for hydroxylation is 1. The van der Waals surface area contributed by atoms with Gasteiger partial charge < -0.3 is 10.2 Å². The molecular weight excluding hydrogens is 330 g/mol. The Labute approximate surface area is 142 Å². The zero-order valence-electron chi connectivity index (χ0n) is 13.1. The van der Waals surface area contributed by atoms with Gasteiger partial charge in [-0.2, -0.15) is 0 Å². The Morgan fingerprint density at radius 2 is 2.29 bits per heavy atom. The summed E-state index contributed by atoms with van der Waals surface area (Å²) < 4.78 is 0. The molecule has 0 aliphatic carbocycles. The molecule has 3 rings (SSSR count). The third kappa shape index (κ3) is 3.51. The van der Waals surface area contributed by atoms with Gasteiger partial charge in [0.05, 0.1) is 4.92 Å². The molecule has 2 aromatic rings. The molecule has 1 N–H and O–H groups in total. The van der Waals surface area contributed by atoms with Crippen LogP contribution in [0.4, 0.5) is 11.5 Å². The van der Waals surface area contributed by atoms with Crippen LogP contribution in [0.3, 0.4) is 0 Å². The zero-order chi connectivity index (χ0) is 17.1. The van der Waals surface area contributed by atoms with E-state index >= 15 is 0 Å². The highest BCUT2D eigenvalue weighted by atomic mass is 32.1. The Kier molecular flexibility index (Phi) is 4.70. The first kappa shape index (κ1) is 16.3. The Bertz CT molecular complexity index is 746. The summed E-state index contributed by atoms with van der Waals surface area (Å²) in [6.45, 7) is 3.26. The van der Waals surface area contributed by atoms with Crippen molar-refractivity contribution in [2.45, 2.75) is 25.8 Å². The van der Waals surface area contributed by atoms with Gasteiger partial charge >= 0.3 is 0 Å². The van der Waals surface area contributed by atoms with E-state index in [1.165, 1.54) is 23.6 Å². The molecule has 24 heavy (non-hydrogen) atoms. The van der Waals surface area contributed by atoms with Gasteiger partial charge in [-0.15, -0.1) is 11.3 Å². The lowest BCUT2D eigenvalue weighted by Crippen LogP contribution is -2.31. The number of hydrogen-bond acceptors (Lipinski definition) is 7. The molecule has 0 bridgehead atoms. The largest absolute Gasteiger partial charge is 0.365 e. The summed E-state index contributed by atoms with van der Waals surface area (Å²) in [5.74, 6) is 0.531. The van der Waals surface area contributed by atoms with E-state index in [4.69, 9.17) is 0 Å². The van der Waals surface area contributed by atoms with Crippen molar-refractivity contribution in [3.8, 4) is 0 Å². The molecule has 1 amide bonds. The molecule has 126 valence electrons. The molecule has 1 saturated heterocycles. The van der Waals surface area contributed by atoms with Crippen molar-refractivity contribution >= 4 is 28.7 Å². The van der Waals surface area contributed by atoms with E-state index in [2.05, 4.69) is 15.3 Å². The average molecular weight is 347 g/mol. The molecule has 0 spiro atoms. The zero-order valence-corrected chi connectivity index (χ0v) is 14.0. The lowest BCUT2D eigenvalue weighted by Gasteiger charge is -2.16. The van der Waals surface area contributed by atoms with Crippen LogP contribution in [0.1, 0.15) is 28.0 Å². The lowest BCUT2D eigenvalue weighted by atomic mass is 10.2. The van der Waals surface area contributed by atoms with Crippen LogP contribution in [0.2, 0.25) is 0 Å². The van der Waals surface area contributed by atoms with Gasteiger partial charge in [0.2, 0.25) is 0 Å². The lowest BCUT2D eigenvalue weighted by molar-refractivity contribution is -0.385. The predicted octanol–water partition coefficient (Wildman–Crippen LogP) is 2.34. The molecule has 9 heteroatoms. The predicted molar refractivity (Wildman–Crippen MR) is 90.3 cm³/mol. The fourth-order valence-corrected chi connectivity index (χ4v) is 3.38. The number of amides is 1. The number of nitrogens with zero attached hydrogens (tertiary/aromatic N) is 4. The van der Waals surface area contributed by atoms with Crippen molar-refractivity contribution in [3.63, 3.8) is 0 Å². The third-order valence-corrected chi connectivity index (χ3v) is 5.00. The van der Waals surface area contributed by atoms with Gasteiger partial charge in [0, 0.05) is 36.3 Å². The van der Waals surface area contributed by atoms with Crippen LogP contribution in [0.5, 0.6) is 0 Å². The minimum absolute atomic E-state index is 0.0411. The van der Waals surface area contributed by atoms with Gasteiger partial charge in [-0.25, -0.2) is 9.97 Å². The maximum absolute atomic E-state index is 12.4. The third-order valence-electron chi connectivity index (χ3n) is 3.87. The van der Waals surface area contributed by atoms with Crippen molar-refractivity contribution < 1.29 is 9.72 Å². The number of anilines is 1. The highest BCUT2D eigenvalue weighted by molar-refractivity contribution is 7.13. The summed E-state index contributed by atoms with van der Waals surface area (Å²) in [6, 6.07) is 3.07. The van der Waals surface area contributed by atoms with Crippen LogP contribution in [0, 0.1) is 10.1 Å². The molecule has 3 heterocycles. The topological polar surface area (TPSA) is 101 Å². The average Bonchev–Trinajstić information content (AvgIpc) is 3.24. The number of aromatic nitrogens is 2. The Hall–Kier alpha value is -2.55. The molecule has 1 atom stereocenters. The fraction of sp³-hybridized carbons (Fsp3) is 0.400. The van der Waals surface area contributed by atoms with Gasteiger partial charge in [0.1, 0.15) is 12.0 Å². The van der Waals surface area contributed by atoms with Crippen molar-refractivity contribution in [3.05, 3.63) is 44.5 Å². The molecule has 0 saturated carbocycles. The van der Waals surface area contributed by atoms with Crippen LogP contribution in [0.25, 0.3) is 0 Å². The number of nitro groups is 1. The van der Waals surface area contributed by atoms with Crippen LogP contribution in [-0.2, 0) is 6.42 Å². The Morgan fingerprint density at radius 3 is 2.92 bits per heavy atom. The Balaban J connectivity index is 1.58. The van der Waals surface area contributed by atoms with Crippen LogP contribution < -0.4 is 5.32 Å². The van der Waals surface area contributed by atoms with E-state index < -0.39 is 4.92 Å². The van der Waals surface area contributed by atoms with Crippen LogP contribution in [0.15, 0.2) is 24.5 Å². The first-order chi connectivity index (χ1) is 11.6. The summed E-state index contributed by atoms with van der Waals surface area (Å²) in [5, 5.41) is 14.4. The standard InChI is InChI=1S/C15H17N5O3S/c1-2-12-8-17-14(24-12)15(21)19-6-5-10(9-19)18-13-4-3-11(7-16-13)20(22)23/h3-4,7-8,10H,2,5-6,9H2,1H3,(H,16,18)/t10-/m0/s1. The first-order valence-electron chi connectivity index (χ1n) is 7.67. The highest BCUT2D eigenvalue weighted by Crippen LogP contribution is 2.21. The maximum atomic E-state index is 12.4. The highest BCUT2D eigenvalue weighted by Gasteiger charge is 2.28. The molecule has 2 aromatic heterocycles. The van der Waals surface area contributed by atoms with Crippen LogP contribution >= 0.6 is 11.3 Å². The summed E-state index contributed by atoms with van der Waals surface area (Å²) in [5.41, 5.74) is -0.0423. The first-order valence-corrected chi connectivity index (χ1v) is 8.49. The number of pyridine rings is 1. The summed E-state index contributed by atoms with van der Waals surface area (Å²) >= 11 is 1.44. The molecule has 1 aliphatic heterocycles. The molecule has 1 aliphatic rings. The number of hydrogen-bond donors (Lipinski definition) is 1. The second-order valence-corrected chi connectivity index (χ2v) is 6.64. The number of rotatable bonds is 5. The van der Waals surface area contributed by atoms with Gasteiger partial charge in [-0.1, -0.05) is 6.92 Å². The van der Waals surface area contributed by atoms with Gasteiger partial charge in [0.15, 0.2) is 5.01 Å². The second kappa shape index (κ2) is 6.91. The number of nitrogens with one attached hydrogen (secondary N) is 1. The molecule has 0 aromatic carbocycles. The second-order valence-electron chi connectivity index (χ2n) is 5.53. The monoisotopic (exact) mass is 347 g/mol. The van der Waals surface area contributed by atoms with Crippen LogP contribution in [-0.4, -0.2) is 44.8 Å². The van der Waals surface area contributed by atoms with Crippen molar-refractivity contribution in [1.29, 1.82) is 0 Å². The van der Waals surface area contributed by atoms with E-state index in [-0.39, 0.29) is 17.6 Å². The van der Waals surface area contributed by atoms with Crippen molar-refractivity contribution in [1.82, 2.24) is 14.9 Å². The maximum Gasteiger partial charge on any atom is 0.287 e. The van der Waals surface area contributed by atoms with E-state index in [1.807, 2.05) is 6.92 Å². The number of carbonyl (C=O) groups is 1. The van der Waals surface area contributed by atoms with E-state index in [0.29, 0.717) is 23.9 Å². The smallest absolute Gasteiger partial charge is 0.287 e. The number of thiazole rings is 1. The molecule has 0 unspecified atom stereocenters. The summed E-state index contributed by atoms with van der Waals surface area (Å²) in [4.78, 5) is 33.7. The van der Waals surface area contributed by atoms with Gasteiger partial charge in [-0.05, 0) is 18.9 Å². The summed E-state index contributed by atoms with van der Waals surface area (Å²) in [6.07, 6.45) is 4.66. The SMILES string of the molecule is CCc1cnc(C(=O)N2CC[C@H](Nc3ccc([N+](=O)[O-])cn3)C2)s1. The van der Waals surface area contributed by atoms with Gasteiger partial charge in [-0.3, -0.25) is 14.9 Å². The normalized spacial score (nSPS) is 17.0. The van der Waals surface area contributed by atoms with Crippen molar-refractivity contribution in [2.24, 2.45) is 0 Å². The fourth-order valence-electron chi connectivity index (χ4n) is 2.56. The molecule has 8 nitrogen and oxygen atoms in total. The number of carbonyl (C=O) groups excluding carboxylic acids is 1. The van der Waals surface area contributed by atoms with Crippen molar-refractivity contribution in [2.75, 3.05) is 18.4 Å². The number of likely N-dealkylation sites (tertiary alicyclic amines) is 1. The molecule has 0 radical (unpaired) electrons.